The SMILES string of the molecule is OCc1ccccc1.OCc1ccccc1.OCc1ccccc1.OCc1ccccc1.[W]. The van der Waals surface area contributed by atoms with Gasteiger partial charge in [0.1, 0.15) is 0 Å². The van der Waals surface area contributed by atoms with Crippen LogP contribution in [0.25, 0.3) is 0 Å². The van der Waals surface area contributed by atoms with Gasteiger partial charge >= 0.3 is 0 Å². The van der Waals surface area contributed by atoms with Crippen LogP contribution in [0.3, 0.4) is 0 Å². The molecule has 0 radical (unpaired) electrons. The van der Waals surface area contributed by atoms with Crippen molar-refractivity contribution in [2.75, 3.05) is 0 Å². The molecule has 174 valence electrons. The van der Waals surface area contributed by atoms with Crippen LogP contribution < -0.4 is 0 Å². The zero-order chi connectivity index (χ0) is 23.3. The Morgan fingerprint density at radius 3 is 0.545 bits per heavy atom. The van der Waals surface area contributed by atoms with Crippen molar-refractivity contribution >= 4 is 0 Å². The number of hydrogen-bond donors (Lipinski definition) is 4. The van der Waals surface area contributed by atoms with Crippen LogP contribution in [0.2, 0.25) is 0 Å². The van der Waals surface area contributed by atoms with Crippen LogP contribution in [0.15, 0.2) is 121 Å². The molecule has 0 fully saturated rings. The molecule has 0 bridgehead atoms. The van der Waals surface area contributed by atoms with E-state index in [-0.39, 0.29) is 47.5 Å². The molecule has 4 N–H and O–H groups in total. The predicted molar refractivity (Wildman–Crippen MR) is 129 cm³/mol. The van der Waals surface area contributed by atoms with Gasteiger partial charge in [0.25, 0.3) is 0 Å². The smallest absolute Gasteiger partial charge is 0.0681 e. The van der Waals surface area contributed by atoms with Crippen LogP contribution in [-0.4, -0.2) is 20.4 Å². The summed E-state index contributed by atoms with van der Waals surface area (Å²) >= 11 is 0. The Labute approximate surface area is 211 Å². The van der Waals surface area contributed by atoms with Gasteiger partial charge in [-0.2, -0.15) is 0 Å². The van der Waals surface area contributed by atoms with Crippen molar-refractivity contribution in [1.82, 2.24) is 0 Å². The first-order chi connectivity index (χ1) is 15.7. The van der Waals surface area contributed by atoms with Gasteiger partial charge in [0.2, 0.25) is 0 Å². The van der Waals surface area contributed by atoms with Gasteiger partial charge in [0, 0.05) is 21.1 Å². The standard InChI is InChI=1S/4C7H8O.W/c4*8-6-7-4-2-1-3-5-7;/h4*1-5,8H,6H2;. The molecule has 4 aromatic carbocycles. The van der Waals surface area contributed by atoms with Crippen LogP contribution in [0, 0.1) is 0 Å². The van der Waals surface area contributed by atoms with E-state index in [1.54, 1.807) is 0 Å². The fraction of sp³-hybridized carbons (Fsp3) is 0.143. The van der Waals surface area contributed by atoms with Gasteiger partial charge in [0.15, 0.2) is 0 Å². The maximum Gasteiger partial charge on any atom is 0.0681 e. The second kappa shape index (κ2) is 21.3. The van der Waals surface area contributed by atoms with E-state index in [4.69, 9.17) is 20.4 Å². The number of rotatable bonds is 4. The third-order valence-corrected chi connectivity index (χ3v) is 4.10. The molecule has 33 heavy (non-hydrogen) atoms. The van der Waals surface area contributed by atoms with Crippen molar-refractivity contribution in [3.05, 3.63) is 144 Å². The van der Waals surface area contributed by atoms with E-state index < -0.39 is 0 Å². The van der Waals surface area contributed by atoms with E-state index in [9.17, 15) is 0 Å². The number of hydrogen-bond acceptors (Lipinski definition) is 4. The Balaban J connectivity index is 0.000000410. The van der Waals surface area contributed by atoms with Crippen LogP contribution in [0.1, 0.15) is 22.3 Å². The molecule has 0 spiro atoms. The van der Waals surface area contributed by atoms with Crippen molar-refractivity contribution in [2.45, 2.75) is 26.4 Å². The summed E-state index contributed by atoms with van der Waals surface area (Å²) in [6.07, 6.45) is 0. The maximum atomic E-state index is 8.54. The third kappa shape index (κ3) is 15.8. The first kappa shape index (κ1) is 30.4. The molecule has 0 unspecified atom stereocenters. The van der Waals surface area contributed by atoms with Crippen molar-refractivity contribution in [3.8, 4) is 0 Å². The summed E-state index contributed by atoms with van der Waals surface area (Å²) in [6, 6.07) is 38.1. The van der Waals surface area contributed by atoms with E-state index in [0.29, 0.717) is 0 Å². The fourth-order valence-corrected chi connectivity index (χ4v) is 2.33. The summed E-state index contributed by atoms with van der Waals surface area (Å²) in [4.78, 5) is 0. The van der Waals surface area contributed by atoms with Gasteiger partial charge in [-0.05, 0) is 22.3 Å². The Hall–Kier alpha value is -2.59. The average molecular weight is 616 g/mol. The summed E-state index contributed by atoms with van der Waals surface area (Å²) in [6.45, 7) is 0.559. The van der Waals surface area contributed by atoms with Crippen molar-refractivity contribution in [1.29, 1.82) is 0 Å². The third-order valence-electron chi connectivity index (χ3n) is 4.10. The van der Waals surface area contributed by atoms with Gasteiger partial charge < -0.3 is 20.4 Å². The van der Waals surface area contributed by atoms with Crippen molar-refractivity contribution < 1.29 is 41.5 Å². The van der Waals surface area contributed by atoms with Crippen LogP contribution in [0.5, 0.6) is 0 Å². The number of aliphatic hydroxyl groups is 4. The monoisotopic (exact) mass is 616 g/mol. The van der Waals surface area contributed by atoms with E-state index in [0.717, 1.165) is 22.3 Å². The normalized spacial score (nSPS) is 8.85. The number of benzene rings is 4. The van der Waals surface area contributed by atoms with Gasteiger partial charge in [-0.3, -0.25) is 0 Å². The molecule has 5 heteroatoms. The van der Waals surface area contributed by atoms with E-state index in [1.165, 1.54) is 0 Å². The van der Waals surface area contributed by atoms with Crippen molar-refractivity contribution in [3.63, 3.8) is 0 Å². The Bertz CT molecular complexity index is 747. The van der Waals surface area contributed by atoms with Crippen LogP contribution in [0.4, 0.5) is 0 Å². The fourth-order valence-electron chi connectivity index (χ4n) is 2.33. The van der Waals surface area contributed by atoms with Gasteiger partial charge in [0.05, 0.1) is 26.4 Å². The van der Waals surface area contributed by atoms with Crippen LogP contribution in [-0.2, 0) is 47.5 Å². The molecule has 0 atom stereocenters. The summed E-state index contributed by atoms with van der Waals surface area (Å²) in [5.74, 6) is 0. The molecular formula is C28H32O4W. The molecule has 4 aromatic rings. The van der Waals surface area contributed by atoms with Gasteiger partial charge in [-0.25, -0.2) is 0 Å². The second-order valence-electron chi connectivity index (χ2n) is 6.57. The summed E-state index contributed by atoms with van der Waals surface area (Å²) in [5, 5.41) is 34.2. The van der Waals surface area contributed by atoms with Gasteiger partial charge in [-0.15, -0.1) is 0 Å². The molecule has 0 aromatic heterocycles. The molecule has 0 saturated carbocycles. The minimum atomic E-state index is 0. The average Bonchev–Trinajstić information content (AvgIpc) is 2.91. The zero-order valence-electron chi connectivity index (χ0n) is 18.6. The first-order valence-corrected chi connectivity index (χ1v) is 10.3. The molecule has 4 nitrogen and oxygen atoms in total. The molecule has 0 aliphatic carbocycles. The predicted octanol–water partition coefficient (Wildman–Crippen LogP) is 4.71. The largest absolute Gasteiger partial charge is 0.392 e. The van der Waals surface area contributed by atoms with Crippen molar-refractivity contribution in [2.24, 2.45) is 0 Å². The molecule has 0 saturated heterocycles. The summed E-state index contributed by atoms with van der Waals surface area (Å²) in [7, 11) is 0. The Morgan fingerprint density at radius 1 is 0.303 bits per heavy atom. The molecule has 0 amide bonds. The summed E-state index contributed by atoms with van der Waals surface area (Å²) < 4.78 is 0. The minimum Gasteiger partial charge on any atom is -0.392 e. The molecule has 4 rings (SSSR count). The Kier molecular flexibility index (Phi) is 19.6. The molecule has 0 aliphatic heterocycles. The van der Waals surface area contributed by atoms with E-state index in [1.807, 2.05) is 121 Å². The topological polar surface area (TPSA) is 80.9 Å². The second-order valence-corrected chi connectivity index (χ2v) is 6.57. The quantitative estimate of drug-likeness (QED) is 0.268. The Morgan fingerprint density at radius 2 is 0.455 bits per heavy atom. The molecule has 0 heterocycles. The molecular weight excluding hydrogens is 584 g/mol. The van der Waals surface area contributed by atoms with E-state index >= 15 is 0 Å². The molecule has 0 aliphatic rings. The minimum absolute atomic E-state index is 0. The maximum absolute atomic E-state index is 8.54. The first-order valence-electron chi connectivity index (χ1n) is 10.3. The van der Waals surface area contributed by atoms with Gasteiger partial charge in [-0.1, -0.05) is 121 Å². The zero-order valence-corrected chi connectivity index (χ0v) is 21.5. The number of aliphatic hydroxyl groups excluding tert-OH is 4. The van der Waals surface area contributed by atoms with E-state index in [2.05, 4.69) is 0 Å². The summed E-state index contributed by atoms with van der Waals surface area (Å²) in [5.41, 5.74) is 3.86. The van der Waals surface area contributed by atoms with Crippen LogP contribution >= 0.6 is 0 Å².